The summed E-state index contributed by atoms with van der Waals surface area (Å²) < 4.78 is 46.8. The van der Waals surface area contributed by atoms with Crippen molar-refractivity contribution in [3.8, 4) is 0 Å². The Hall–Kier alpha value is -2.94. The molecule has 0 N–H and O–H groups in total. The van der Waals surface area contributed by atoms with Crippen LogP contribution >= 0.6 is 34.4 Å². The molecule has 1 aromatic carbocycles. The summed E-state index contributed by atoms with van der Waals surface area (Å²) in [6.07, 6.45) is -4.64. The number of carbonyl (C=O) groups is 3. The van der Waals surface area contributed by atoms with Crippen LogP contribution in [-0.2, 0) is 31.8 Å². The number of ether oxygens (including phenoxy) is 1. The van der Waals surface area contributed by atoms with Crippen molar-refractivity contribution < 1.29 is 32.3 Å². The summed E-state index contributed by atoms with van der Waals surface area (Å²) in [5.41, 5.74) is -1.12. The van der Waals surface area contributed by atoms with Crippen molar-refractivity contribution in [1.29, 1.82) is 0 Å². The predicted molar refractivity (Wildman–Crippen MR) is 139 cm³/mol. The monoisotopic (exact) mass is 595 g/mol. The number of anilines is 1. The van der Waals surface area contributed by atoms with E-state index >= 15 is 0 Å². The van der Waals surface area contributed by atoms with E-state index < -0.39 is 40.6 Å². The molecule has 8 nitrogen and oxygen atoms in total. The quantitative estimate of drug-likeness (QED) is 0.428. The van der Waals surface area contributed by atoms with Crippen molar-refractivity contribution in [3.63, 3.8) is 0 Å². The lowest BCUT2D eigenvalue weighted by Crippen LogP contribution is -2.43. The molecule has 3 atom stereocenters. The Kier molecular flexibility index (Phi) is 6.68. The zero-order valence-electron chi connectivity index (χ0n) is 20.1. The molecule has 6 rings (SSSR count). The summed E-state index contributed by atoms with van der Waals surface area (Å²) in [5.74, 6) is -3.07. The molecule has 0 aliphatic carbocycles. The first-order valence-electron chi connectivity index (χ1n) is 12.0. The number of thioether (sulfide) groups is 1. The van der Waals surface area contributed by atoms with Crippen molar-refractivity contribution in [1.82, 2.24) is 9.47 Å². The van der Waals surface area contributed by atoms with Crippen molar-refractivity contribution in [3.05, 3.63) is 66.8 Å². The van der Waals surface area contributed by atoms with E-state index in [2.05, 4.69) is 0 Å². The van der Waals surface area contributed by atoms with Gasteiger partial charge in [-0.3, -0.25) is 23.7 Å². The fourth-order valence-electron chi connectivity index (χ4n) is 5.15. The second-order valence-electron chi connectivity index (χ2n) is 9.23. The summed E-state index contributed by atoms with van der Waals surface area (Å²) >= 11 is 3.33. The van der Waals surface area contributed by atoms with Gasteiger partial charge in [-0.1, -0.05) is 35.2 Å². The smallest absolute Gasteiger partial charge is 0.378 e. The highest BCUT2D eigenvalue weighted by molar-refractivity contribution is 8.00. The van der Waals surface area contributed by atoms with Crippen molar-refractivity contribution >= 4 is 57.8 Å². The fraction of sp³-hybridized carbons (Fsp3) is 0.360. The van der Waals surface area contributed by atoms with Crippen LogP contribution in [0, 0.1) is 5.92 Å². The van der Waals surface area contributed by atoms with E-state index in [0.29, 0.717) is 36.2 Å². The number of halogens is 3. The van der Waals surface area contributed by atoms with Gasteiger partial charge < -0.3 is 9.64 Å². The fourth-order valence-corrected chi connectivity index (χ4v) is 8.88. The Balaban J connectivity index is 1.40. The molecule has 2 saturated heterocycles. The minimum absolute atomic E-state index is 0.150. The number of hydrogen-bond donors (Lipinski definition) is 0. The molecular weight excluding hydrogens is 575 g/mol. The Morgan fingerprint density at radius 2 is 1.82 bits per heavy atom. The molecule has 39 heavy (non-hydrogen) atoms. The van der Waals surface area contributed by atoms with E-state index in [-0.39, 0.29) is 23.0 Å². The van der Waals surface area contributed by atoms with Crippen LogP contribution in [0.4, 0.5) is 18.9 Å². The first-order valence-corrected chi connectivity index (χ1v) is 14.6. The Bertz CT molecular complexity index is 1510. The first-order chi connectivity index (χ1) is 18.6. The third kappa shape index (κ3) is 4.52. The average Bonchev–Trinajstić information content (AvgIpc) is 3.61. The standard InChI is InChI=1S/C25H20F3N3O5S3/c26-25(27,28)13-3-1-4-14(11-13)31-21(33)18-17(15-5-2-10-37-15)20-23(38-19(18)22(31)34)30(24(35)39-20)12-16(32)29-6-8-36-9-7-29/h1-5,10-11,17-19H,6-9,12H2/t17-,18-,19+/m0/s1. The molecule has 204 valence electrons. The van der Waals surface area contributed by atoms with Crippen LogP contribution in [0.25, 0.3) is 0 Å². The van der Waals surface area contributed by atoms with Gasteiger partial charge in [0.05, 0.1) is 35.4 Å². The number of benzene rings is 1. The summed E-state index contributed by atoms with van der Waals surface area (Å²) in [6.45, 7) is 1.42. The molecular formula is C25H20F3N3O5S3. The van der Waals surface area contributed by atoms with Gasteiger partial charge in [0.2, 0.25) is 17.7 Å². The van der Waals surface area contributed by atoms with E-state index in [1.807, 2.05) is 11.4 Å². The minimum atomic E-state index is -4.64. The number of imide groups is 1. The lowest BCUT2D eigenvalue weighted by atomic mass is 9.87. The zero-order valence-corrected chi connectivity index (χ0v) is 22.5. The van der Waals surface area contributed by atoms with Gasteiger partial charge in [0.15, 0.2) is 0 Å². The maximum Gasteiger partial charge on any atom is 0.416 e. The number of rotatable bonds is 4. The maximum atomic E-state index is 13.8. The minimum Gasteiger partial charge on any atom is -0.378 e. The average molecular weight is 596 g/mol. The van der Waals surface area contributed by atoms with E-state index in [0.717, 1.165) is 51.1 Å². The molecule has 2 aromatic heterocycles. The molecule has 0 unspecified atom stereocenters. The van der Waals surface area contributed by atoms with Gasteiger partial charge in [0.1, 0.15) is 11.8 Å². The molecule has 3 aliphatic rings. The largest absolute Gasteiger partial charge is 0.416 e. The second-order valence-corrected chi connectivity index (χ2v) is 12.3. The third-order valence-electron chi connectivity index (χ3n) is 6.99. The zero-order chi connectivity index (χ0) is 27.5. The normalized spacial score (nSPS) is 23.2. The third-order valence-corrected chi connectivity index (χ3v) is 10.5. The molecule has 0 radical (unpaired) electrons. The number of thiophene rings is 1. The van der Waals surface area contributed by atoms with Crippen molar-refractivity contribution in [2.45, 2.75) is 28.9 Å². The van der Waals surface area contributed by atoms with Crippen LogP contribution in [0.1, 0.15) is 21.2 Å². The lowest BCUT2D eigenvalue weighted by molar-refractivity contribution is -0.138. The van der Waals surface area contributed by atoms with Gasteiger partial charge in [0.25, 0.3) is 0 Å². The van der Waals surface area contributed by atoms with Crippen LogP contribution in [0.15, 0.2) is 51.6 Å². The summed E-state index contributed by atoms with van der Waals surface area (Å²) in [4.78, 5) is 57.0. The van der Waals surface area contributed by atoms with Gasteiger partial charge >= 0.3 is 11.0 Å². The summed E-state index contributed by atoms with van der Waals surface area (Å²) in [7, 11) is 0. The molecule has 0 bridgehead atoms. The number of fused-ring (bicyclic) bond motifs is 2. The highest BCUT2D eigenvalue weighted by Crippen LogP contribution is 2.54. The molecule has 5 heterocycles. The molecule has 14 heteroatoms. The molecule has 0 saturated carbocycles. The number of carbonyl (C=O) groups excluding carboxylic acids is 3. The van der Waals surface area contributed by atoms with Crippen LogP contribution in [0.3, 0.4) is 0 Å². The molecule has 0 spiro atoms. The first kappa shape index (κ1) is 26.3. The maximum absolute atomic E-state index is 13.8. The van der Waals surface area contributed by atoms with Gasteiger partial charge in [-0.05, 0) is 29.6 Å². The van der Waals surface area contributed by atoms with Crippen LogP contribution < -0.4 is 9.77 Å². The number of nitrogens with zero attached hydrogens (tertiary/aromatic N) is 3. The topological polar surface area (TPSA) is 88.9 Å². The Morgan fingerprint density at radius 1 is 1.05 bits per heavy atom. The molecule has 3 aromatic rings. The van der Waals surface area contributed by atoms with E-state index in [4.69, 9.17) is 4.74 Å². The number of amides is 3. The van der Waals surface area contributed by atoms with Crippen LogP contribution in [0.2, 0.25) is 0 Å². The van der Waals surface area contributed by atoms with Gasteiger partial charge in [-0.2, -0.15) is 13.2 Å². The summed E-state index contributed by atoms with van der Waals surface area (Å²) in [6, 6.07) is 7.75. The Labute approximate surface area is 232 Å². The SMILES string of the molecule is O=C(Cn1c2c(sc1=O)[C@@H](c1cccs1)[C@@H]1C(=O)N(c3cccc(C(F)(F)F)c3)C(=O)[C@@H]1S2)N1CCOCC1. The molecule has 2 fully saturated rings. The van der Waals surface area contributed by atoms with Gasteiger partial charge in [-0.25, -0.2) is 4.90 Å². The molecule has 3 amide bonds. The van der Waals surface area contributed by atoms with Gasteiger partial charge in [0, 0.05) is 28.8 Å². The number of aromatic nitrogens is 1. The number of morpholine rings is 1. The van der Waals surface area contributed by atoms with Crippen LogP contribution in [0.5, 0.6) is 0 Å². The van der Waals surface area contributed by atoms with E-state index in [1.165, 1.54) is 22.0 Å². The Morgan fingerprint density at radius 3 is 2.51 bits per heavy atom. The number of thiazole rings is 1. The van der Waals surface area contributed by atoms with Crippen molar-refractivity contribution in [2.24, 2.45) is 5.92 Å². The number of alkyl halides is 3. The highest BCUT2D eigenvalue weighted by Gasteiger charge is 2.57. The lowest BCUT2D eigenvalue weighted by Gasteiger charge is -2.30. The van der Waals surface area contributed by atoms with Crippen molar-refractivity contribution in [2.75, 3.05) is 31.2 Å². The molecule has 3 aliphatic heterocycles. The summed E-state index contributed by atoms with van der Waals surface area (Å²) in [5, 5.41) is 1.29. The van der Waals surface area contributed by atoms with E-state index in [9.17, 15) is 32.3 Å². The second kappa shape index (κ2) is 9.91. The van der Waals surface area contributed by atoms with Gasteiger partial charge in [-0.15, -0.1) is 11.3 Å². The van der Waals surface area contributed by atoms with Crippen LogP contribution in [-0.4, -0.2) is 58.7 Å². The van der Waals surface area contributed by atoms with E-state index in [1.54, 1.807) is 11.0 Å². The highest BCUT2D eigenvalue weighted by atomic mass is 32.2. The number of hydrogen-bond acceptors (Lipinski definition) is 8. The predicted octanol–water partition coefficient (Wildman–Crippen LogP) is 3.64.